The van der Waals surface area contributed by atoms with Gasteiger partial charge in [0.25, 0.3) is 0 Å². The van der Waals surface area contributed by atoms with Crippen LogP contribution in [0.15, 0.2) is 42.5 Å². The van der Waals surface area contributed by atoms with Gasteiger partial charge >= 0.3 is 0 Å². The number of rotatable bonds is 13. The van der Waals surface area contributed by atoms with E-state index in [1.165, 1.54) is 19.3 Å². The van der Waals surface area contributed by atoms with Crippen molar-refractivity contribution in [3.8, 4) is 11.5 Å². The van der Waals surface area contributed by atoms with Crippen molar-refractivity contribution < 1.29 is 14.2 Å². The zero-order valence-corrected chi connectivity index (χ0v) is 17.9. The lowest BCUT2D eigenvalue weighted by Gasteiger charge is -2.06. The van der Waals surface area contributed by atoms with E-state index < -0.39 is 0 Å². The maximum atomic E-state index is 5.76. The van der Waals surface area contributed by atoms with Crippen LogP contribution in [-0.4, -0.2) is 24.9 Å². The van der Waals surface area contributed by atoms with E-state index in [2.05, 4.69) is 31.3 Å². The Hall–Kier alpha value is -1.85. The van der Waals surface area contributed by atoms with Crippen LogP contribution in [0, 0.1) is 5.92 Å². The fourth-order valence-electron chi connectivity index (χ4n) is 2.72. The number of nitrogens with one attached hydrogen (secondary N) is 1. The second-order valence-electron chi connectivity index (χ2n) is 7.37. The summed E-state index contributed by atoms with van der Waals surface area (Å²) in [6.07, 6.45) is 14.1. The molecule has 0 fully saturated rings. The van der Waals surface area contributed by atoms with Gasteiger partial charge in [-0.3, -0.25) is 0 Å². The van der Waals surface area contributed by atoms with Crippen molar-refractivity contribution in [2.45, 2.75) is 52.6 Å². The normalized spacial score (nSPS) is 13.1. The number of benzene rings is 1. The van der Waals surface area contributed by atoms with Crippen LogP contribution in [0.3, 0.4) is 0 Å². The lowest BCUT2D eigenvalue weighted by atomic mass is 10.1. The van der Waals surface area contributed by atoms with Gasteiger partial charge in [0.1, 0.15) is 0 Å². The second-order valence-corrected chi connectivity index (χ2v) is 7.81. The summed E-state index contributed by atoms with van der Waals surface area (Å²) < 4.78 is 16.5. The van der Waals surface area contributed by atoms with Crippen molar-refractivity contribution in [2.75, 3.05) is 19.9 Å². The third-order valence-corrected chi connectivity index (χ3v) is 4.57. The number of ether oxygens (including phenoxy) is 3. The minimum Gasteiger partial charge on any atom is -0.454 e. The zero-order chi connectivity index (χ0) is 20.0. The Bertz CT molecular complexity index is 655. The Morgan fingerprint density at radius 2 is 1.96 bits per heavy atom. The first-order valence-corrected chi connectivity index (χ1v) is 10.6. The first kappa shape index (κ1) is 22.4. The van der Waals surface area contributed by atoms with Gasteiger partial charge in [-0.15, -0.1) is 0 Å². The Morgan fingerprint density at radius 1 is 1.14 bits per heavy atom. The van der Waals surface area contributed by atoms with E-state index in [9.17, 15) is 0 Å². The molecule has 4 nitrogen and oxygen atoms in total. The molecule has 0 saturated carbocycles. The van der Waals surface area contributed by atoms with Crippen LogP contribution < -0.4 is 14.8 Å². The molecule has 0 bridgehead atoms. The molecular weight excluding hydrogens is 370 g/mol. The highest BCUT2D eigenvalue weighted by Gasteiger charge is 2.12. The highest BCUT2D eigenvalue weighted by Crippen LogP contribution is 2.32. The second kappa shape index (κ2) is 13.3. The fourth-order valence-corrected chi connectivity index (χ4v) is 2.88. The highest BCUT2D eigenvalue weighted by atomic mass is 32.1. The average molecular weight is 404 g/mol. The Labute approximate surface area is 174 Å². The van der Waals surface area contributed by atoms with E-state index in [1.54, 1.807) is 0 Å². The molecule has 1 N–H and O–H groups in total. The largest absolute Gasteiger partial charge is 0.454 e. The summed E-state index contributed by atoms with van der Waals surface area (Å²) in [6.45, 7) is 7.00. The van der Waals surface area contributed by atoms with Gasteiger partial charge in [-0.25, -0.2) is 0 Å². The summed E-state index contributed by atoms with van der Waals surface area (Å²) in [4.78, 5) is 0.805. The predicted molar refractivity (Wildman–Crippen MR) is 119 cm³/mol. The summed E-state index contributed by atoms with van der Waals surface area (Å²) in [6, 6.07) is 5.97. The number of hydrogen-bond acceptors (Lipinski definition) is 4. The smallest absolute Gasteiger partial charge is 0.231 e. The van der Waals surface area contributed by atoms with E-state index in [0.717, 1.165) is 48.0 Å². The molecule has 0 saturated heterocycles. The molecule has 2 rings (SSSR count). The topological polar surface area (TPSA) is 39.7 Å². The maximum Gasteiger partial charge on any atom is 0.231 e. The van der Waals surface area contributed by atoms with Gasteiger partial charge in [-0.1, -0.05) is 63.2 Å². The third-order valence-electron chi connectivity index (χ3n) is 4.29. The first-order chi connectivity index (χ1) is 13.6. The first-order valence-electron chi connectivity index (χ1n) is 10.2. The van der Waals surface area contributed by atoms with Crippen LogP contribution in [-0.2, 0) is 11.3 Å². The molecule has 1 heterocycles. The molecule has 1 aliphatic rings. The van der Waals surface area contributed by atoms with Gasteiger partial charge in [0, 0.05) is 13.2 Å². The fraction of sp³-hybridized carbons (Fsp3) is 0.522. The number of fused-ring (bicyclic) bond motifs is 1. The molecule has 0 radical (unpaired) electrons. The van der Waals surface area contributed by atoms with Crippen LogP contribution in [0.1, 0.15) is 51.5 Å². The summed E-state index contributed by atoms with van der Waals surface area (Å²) in [7, 11) is 0. The minimum atomic E-state index is 0.314. The van der Waals surface area contributed by atoms with E-state index in [4.69, 9.17) is 26.4 Å². The van der Waals surface area contributed by atoms with E-state index in [0.29, 0.717) is 19.3 Å². The molecule has 0 aromatic heterocycles. The van der Waals surface area contributed by atoms with Crippen molar-refractivity contribution in [3.05, 3.63) is 48.1 Å². The molecule has 0 spiro atoms. The molecule has 5 heteroatoms. The van der Waals surface area contributed by atoms with Crippen molar-refractivity contribution >= 4 is 17.2 Å². The Kier molecular flexibility index (Phi) is 10.7. The summed E-state index contributed by atoms with van der Waals surface area (Å²) in [5.41, 5.74) is 1.13. The standard InChI is InChI=1S/C23H33NO3S/c1-19(2)16-24-23(28)11-9-7-5-3-4-6-8-10-14-25-17-20-12-13-21-22(15-20)27-18-26-21/h5,7,9,11-13,15,19H,3-4,6,8,10,14,16-18H2,1-2H3,(H,24,28). The van der Waals surface area contributed by atoms with Crippen LogP contribution >= 0.6 is 12.2 Å². The predicted octanol–water partition coefficient (Wildman–Crippen LogP) is 5.57. The molecule has 1 aromatic rings. The molecule has 0 unspecified atom stereocenters. The lowest BCUT2D eigenvalue weighted by Crippen LogP contribution is -2.23. The number of hydrogen-bond donors (Lipinski definition) is 1. The van der Waals surface area contributed by atoms with Crippen molar-refractivity contribution in [1.82, 2.24) is 5.32 Å². The Morgan fingerprint density at radius 3 is 2.82 bits per heavy atom. The maximum absolute atomic E-state index is 5.76. The van der Waals surface area contributed by atoms with Crippen LogP contribution in [0.5, 0.6) is 11.5 Å². The van der Waals surface area contributed by atoms with Gasteiger partial charge in [-0.05, 0) is 49.0 Å². The Balaban J connectivity index is 1.42. The minimum absolute atomic E-state index is 0.314. The molecule has 1 aromatic carbocycles. The average Bonchev–Trinajstić information content (AvgIpc) is 3.15. The van der Waals surface area contributed by atoms with Crippen molar-refractivity contribution in [1.29, 1.82) is 0 Å². The van der Waals surface area contributed by atoms with E-state index in [-0.39, 0.29) is 0 Å². The molecular formula is C23H33NO3S. The summed E-state index contributed by atoms with van der Waals surface area (Å²) >= 11 is 5.24. The lowest BCUT2D eigenvalue weighted by molar-refractivity contribution is 0.116. The summed E-state index contributed by atoms with van der Waals surface area (Å²) in [5, 5.41) is 3.23. The SMILES string of the molecule is CC(C)CNC(=S)C=CC=CCCCCCCOCc1ccc2c(c1)OCO2. The van der Waals surface area contributed by atoms with Gasteiger partial charge in [0.2, 0.25) is 6.79 Å². The van der Waals surface area contributed by atoms with Crippen molar-refractivity contribution in [3.63, 3.8) is 0 Å². The molecule has 154 valence electrons. The van der Waals surface area contributed by atoms with E-state index in [1.807, 2.05) is 30.4 Å². The molecule has 0 atom stereocenters. The van der Waals surface area contributed by atoms with Gasteiger partial charge in [0.05, 0.1) is 11.6 Å². The monoisotopic (exact) mass is 403 g/mol. The van der Waals surface area contributed by atoms with Gasteiger partial charge in [0.15, 0.2) is 11.5 Å². The van der Waals surface area contributed by atoms with E-state index >= 15 is 0 Å². The molecule has 0 aliphatic carbocycles. The third kappa shape index (κ3) is 9.38. The number of unbranched alkanes of at least 4 members (excludes halogenated alkanes) is 4. The van der Waals surface area contributed by atoms with Gasteiger partial charge < -0.3 is 19.5 Å². The molecule has 28 heavy (non-hydrogen) atoms. The number of allylic oxidation sites excluding steroid dienone is 3. The van der Waals surface area contributed by atoms with Crippen LogP contribution in [0.25, 0.3) is 0 Å². The van der Waals surface area contributed by atoms with Gasteiger partial charge in [-0.2, -0.15) is 0 Å². The van der Waals surface area contributed by atoms with Crippen LogP contribution in [0.2, 0.25) is 0 Å². The molecule has 1 aliphatic heterocycles. The quantitative estimate of drug-likeness (QED) is 0.202. The summed E-state index contributed by atoms with van der Waals surface area (Å²) in [5.74, 6) is 2.24. The van der Waals surface area contributed by atoms with Crippen molar-refractivity contribution in [2.24, 2.45) is 5.92 Å². The molecule has 0 amide bonds. The highest BCUT2D eigenvalue weighted by molar-refractivity contribution is 7.80. The van der Waals surface area contributed by atoms with Crippen LogP contribution in [0.4, 0.5) is 0 Å². The zero-order valence-electron chi connectivity index (χ0n) is 17.1. The number of thiocarbonyl (C=S) groups is 1.